The lowest BCUT2D eigenvalue weighted by Crippen LogP contribution is -2.44. The van der Waals surface area contributed by atoms with Crippen molar-refractivity contribution in [1.29, 1.82) is 0 Å². The zero-order valence-corrected chi connectivity index (χ0v) is 21.1. The average Bonchev–Trinajstić information content (AvgIpc) is 3.21. The highest BCUT2D eigenvalue weighted by atomic mass is 32.2. The third-order valence-corrected chi connectivity index (χ3v) is 7.40. The van der Waals surface area contributed by atoms with Gasteiger partial charge in [0.2, 0.25) is 5.95 Å². The van der Waals surface area contributed by atoms with E-state index in [1.165, 1.54) is 4.57 Å². The highest BCUT2D eigenvalue weighted by molar-refractivity contribution is 7.72. The molecule has 10 nitrogen and oxygen atoms in total. The van der Waals surface area contributed by atoms with Gasteiger partial charge >= 0.3 is 5.69 Å². The average molecular weight is 501 g/mol. The molecule has 2 aromatic heterocycles. The molecule has 188 valence electrons. The van der Waals surface area contributed by atoms with Crippen LogP contribution in [-0.2, 0) is 30.8 Å². The van der Waals surface area contributed by atoms with Crippen LogP contribution in [0.25, 0.3) is 11.2 Å². The number of benzene rings is 1. The number of rotatable bonds is 7. The number of allylic oxidation sites excluding steroid dienone is 2. The molecule has 1 saturated heterocycles. The molecule has 0 spiro atoms. The van der Waals surface area contributed by atoms with Gasteiger partial charge in [-0.1, -0.05) is 42.0 Å². The number of aryl methyl sites for hydroxylation is 1. The second-order valence-electron chi connectivity index (χ2n) is 9.29. The summed E-state index contributed by atoms with van der Waals surface area (Å²) in [5.74, 6) is 0.590. The van der Waals surface area contributed by atoms with Crippen molar-refractivity contribution in [2.75, 3.05) is 18.0 Å². The van der Waals surface area contributed by atoms with E-state index in [9.17, 15) is 18.0 Å². The summed E-state index contributed by atoms with van der Waals surface area (Å²) in [4.78, 5) is 33.8. The SMILES string of the molecule is CC(C)=CCn1c(N2CCCC(N)C2)nc2c1c(=O)n(CC(c1ccccc1)[SH](=O)=O)c(=O)n2C. The van der Waals surface area contributed by atoms with Gasteiger partial charge < -0.3 is 15.2 Å². The molecular formula is C24H32N6O4S. The van der Waals surface area contributed by atoms with Gasteiger partial charge in [0, 0.05) is 32.7 Å². The van der Waals surface area contributed by atoms with Gasteiger partial charge in [-0.05, 0) is 32.3 Å². The number of anilines is 1. The highest BCUT2D eigenvalue weighted by Crippen LogP contribution is 2.24. The molecule has 0 radical (unpaired) electrons. The maximum absolute atomic E-state index is 13.7. The summed E-state index contributed by atoms with van der Waals surface area (Å²) in [5.41, 5.74) is 7.20. The first-order chi connectivity index (χ1) is 16.7. The van der Waals surface area contributed by atoms with Crippen molar-refractivity contribution in [1.82, 2.24) is 18.7 Å². The fourth-order valence-corrected chi connectivity index (χ4v) is 5.26. The number of hydrogen-bond acceptors (Lipinski definition) is 7. The smallest absolute Gasteiger partial charge is 0.332 e. The Hall–Kier alpha value is -3.18. The third kappa shape index (κ3) is 4.96. The summed E-state index contributed by atoms with van der Waals surface area (Å²) in [6.45, 7) is 5.42. The number of hydrogen-bond donors (Lipinski definition) is 2. The molecule has 1 aromatic carbocycles. The molecular weight excluding hydrogens is 468 g/mol. The lowest BCUT2D eigenvalue weighted by molar-refractivity contribution is 0.495. The van der Waals surface area contributed by atoms with E-state index >= 15 is 0 Å². The molecule has 1 aliphatic heterocycles. The Bertz CT molecular complexity index is 1440. The molecule has 0 saturated carbocycles. The topological polar surface area (TPSA) is 125 Å². The summed E-state index contributed by atoms with van der Waals surface area (Å²) in [6, 6.07) is 8.61. The largest absolute Gasteiger partial charge is 0.341 e. The van der Waals surface area contributed by atoms with Gasteiger partial charge in [0.15, 0.2) is 11.2 Å². The first-order valence-corrected chi connectivity index (χ1v) is 13.0. The van der Waals surface area contributed by atoms with Gasteiger partial charge in [0.1, 0.15) is 16.0 Å². The Morgan fingerprint density at radius 2 is 1.91 bits per heavy atom. The molecule has 35 heavy (non-hydrogen) atoms. The Labute approximate surface area is 205 Å². The van der Waals surface area contributed by atoms with Crippen molar-refractivity contribution in [3.63, 3.8) is 0 Å². The van der Waals surface area contributed by atoms with Crippen LogP contribution in [0.5, 0.6) is 0 Å². The molecule has 1 aliphatic rings. The van der Waals surface area contributed by atoms with E-state index in [-0.39, 0.29) is 23.8 Å². The van der Waals surface area contributed by atoms with E-state index in [2.05, 4.69) is 4.90 Å². The normalized spacial score (nSPS) is 17.2. The molecule has 2 unspecified atom stereocenters. The Morgan fingerprint density at radius 1 is 1.20 bits per heavy atom. The summed E-state index contributed by atoms with van der Waals surface area (Å²) in [7, 11) is -1.38. The maximum Gasteiger partial charge on any atom is 0.332 e. The maximum atomic E-state index is 13.7. The van der Waals surface area contributed by atoms with E-state index in [0.717, 1.165) is 29.5 Å². The van der Waals surface area contributed by atoms with E-state index in [1.807, 2.05) is 24.5 Å². The second-order valence-corrected chi connectivity index (χ2v) is 10.5. The summed E-state index contributed by atoms with van der Waals surface area (Å²) in [5, 5.41) is -1.01. The van der Waals surface area contributed by atoms with Gasteiger partial charge in [-0.3, -0.25) is 13.9 Å². The van der Waals surface area contributed by atoms with Gasteiger partial charge in [-0.25, -0.2) is 13.2 Å². The zero-order valence-electron chi connectivity index (χ0n) is 20.3. The molecule has 11 heteroatoms. The third-order valence-electron chi connectivity index (χ3n) is 6.43. The van der Waals surface area contributed by atoms with Gasteiger partial charge in [0.25, 0.3) is 5.56 Å². The lowest BCUT2D eigenvalue weighted by Gasteiger charge is -2.31. The van der Waals surface area contributed by atoms with E-state index in [1.54, 1.807) is 37.4 Å². The first kappa shape index (κ1) is 24.9. The number of fused-ring (bicyclic) bond motifs is 1. The number of thiol groups is 1. The Balaban J connectivity index is 1.92. The van der Waals surface area contributed by atoms with Crippen molar-refractivity contribution in [2.45, 2.75) is 51.1 Å². The molecule has 4 rings (SSSR count). The Morgan fingerprint density at radius 3 is 2.54 bits per heavy atom. The van der Waals surface area contributed by atoms with Crippen molar-refractivity contribution in [3.8, 4) is 0 Å². The molecule has 0 bridgehead atoms. The molecule has 0 aliphatic carbocycles. The van der Waals surface area contributed by atoms with Crippen molar-refractivity contribution < 1.29 is 8.42 Å². The standard InChI is InChI=1S/C24H32N6O4S/c1-16(2)11-13-29-20-21(26-23(29)28-12-7-10-18(25)14-28)27(3)24(32)30(22(20)31)15-19(35(33)34)17-8-5-4-6-9-17/h4-6,8-9,11,18-19,35H,7,10,12-15,25H2,1-3H3. The van der Waals surface area contributed by atoms with Crippen LogP contribution in [0.15, 0.2) is 51.6 Å². The van der Waals surface area contributed by atoms with Crippen molar-refractivity contribution in [2.24, 2.45) is 12.8 Å². The molecule has 1 fully saturated rings. The monoisotopic (exact) mass is 500 g/mol. The number of aromatic nitrogens is 4. The zero-order chi connectivity index (χ0) is 25.3. The van der Waals surface area contributed by atoms with Crippen LogP contribution < -0.4 is 21.9 Å². The summed E-state index contributed by atoms with van der Waals surface area (Å²) in [6.07, 6.45) is 3.82. The first-order valence-electron chi connectivity index (χ1n) is 11.7. The fourth-order valence-electron chi connectivity index (χ4n) is 4.54. The van der Waals surface area contributed by atoms with Crippen LogP contribution in [0.1, 0.15) is 37.5 Å². The van der Waals surface area contributed by atoms with E-state index < -0.39 is 27.2 Å². The van der Waals surface area contributed by atoms with Crippen LogP contribution >= 0.6 is 0 Å². The van der Waals surface area contributed by atoms with Crippen molar-refractivity contribution in [3.05, 3.63) is 68.4 Å². The lowest BCUT2D eigenvalue weighted by atomic mass is 10.1. The number of piperidine rings is 1. The Kier molecular flexibility index (Phi) is 7.27. The van der Waals surface area contributed by atoms with Gasteiger partial charge in [-0.2, -0.15) is 4.98 Å². The van der Waals surface area contributed by atoms with E-state index in [4.69, 9.17) is 10.7 Å². The number of imidazole rings is 1. The predicted octanol–water partition coefficient (Wildman–Crippen LogP) is 1.14. The van der Waals surface area contributed by atoms with Crippen LogP contribution in [0.4, 0.5) is 5.95 Å². The minimum Gasteiger partial charge on any atom is -0.341 e. The van der Waals surface area contributed by atoms with Crippen LogP contribution in [0, 0.1) is 0 Å². The van der Waals surface area contributed by atoms with Crippen LogP contribution in [0.3, 0.4) is 0 Å². The van der Waals surface area contributed by atoms with Gasteiger partial charge in [-0.15, -0.1) is 0 Å². The molecule has 3 aromatic rings. The van der Waals surface area contributed by atoms with Crippen LogP contribution in [-0.4, -0.2) is 46.2 Å². The number of nitrogens with zero attached hydrogens (tertiary/aromatic N) is 5. The molecule has 3 heterocycles. The summed E-state index contributed by atoms with van der Waals surface area (Å²) >= 11 is 0. The van der Waals surface area contributed by atoms with Gasteiger partial charge in [0.05, 0.1) is 6.54 Å². The summed E-state index contributed by atoms with van der Waals surface area (Å²) < 4.78 is 28.4. The quantitative estimate of drug-likeness (QED) is 0.368. The molecule has 2 N–H and O–H groups in total. The predicted molar refractivity (Wildman–Crippen MR) is 138 cm³/mol. The van der Waals surface area contributed by atoms with Crippen LogP contribution in [0.2, 0.25) is 0 Å². The minimum absolute atomic E-state index is 0.000861. The minimum atomic E-state index is -2.94. The second kappa shape index (κ2) is 10.2. The number of nitrogens with two attached hydrogens (primary N) is 1. The van der Waals surface area contributed by atoms with Crippen molar-refractivity contribution >= 4 is 27.8 Å². The van der Waals surface area contributed by atoms with E-state index in [0.29, 0.717) is 24.6 Å². The highest BCUT2D eigenvalue weighted by Gasteiger charge is 2.27. The molecule has 0 amide bonds. The molecule has 2 atom stereocenters. The fraction of sp³-hybridized carbons (Fsp3) is 0.458.